The molecule has 0 fully saturated rings. The minimum Gasteiger partial charge on any atom is -0.335 e. The zero-order valence-corrected chi connectivity index (χ0v) is 15.8. The maximum Gasteiger partial charge on any atom is 0.183 e. The summed E-state index contributed by atoms with van der Waals surface area (Å²) < 4.78 is 1.77. The molecule has 0 N–H and O–H groups in total. The molecule has 0 amide bonds. The monoisotopic (exact) mass is 382 g/mol. The fourth-order valence-corrected chi connectivity index (χ4v) is 4.02. The molecule has 0 aliphatic heterocycles. The summed E-state index contributed by atoms with van der Waals surface area (Å²) in [5.74, 6) is 0.547. The molecule has 5 aromatic rings. The van der Waals surface area contributed by atoms with Crippen LogP contribution in [0.1, 0.15) is 5.56 Å². The zero-order valence-electron chi connectivity index (χ0n) is 14.9. The highest BCUT2D eigenvalue weighted by Gasteiger charge is 2.18. The Hall–Kier alpha value is -3.76. The first kappa shape index (κ1) is 16.4. The minimum atomic E-state index is 0.492. The number of para-hydroxylation sites is 1. The summed E-state index contributed by atoms with van der Waals surface area (Å²) in [5, 5.41) is 18.5. The number of hydrogen-bond acceptors (Lipinski definition) is 6. The van der Waals surface area contributed by atoms with Gasteiger partial charge in [0.2, 0.25) is 0 Å². The lowest BCUT2D eigenvalue weighted by molar-refractivity contribution is 1.00. The molecular formula is C21H14N6S. The van der Waals surface area contributed by atoms with Gasteiger partial charge in [-0.05, 0) is 41.8 Å². The lowest BCUT2D eigenvalue weighted by Gasteiger charge is -2.19. The predicted molar refractivity (Wildman–Crippen MR) is 111 cm³/mol. The van der Waals surface area contributed by atoms with Crippen LogP contribution >= 0.6 is 11.3 Å². The largest absolute Gasteiger partial charge is 0.335 e. The summed E-state index contributed by atoms with van der Waals surface area (Å²) in [6, 6.07) is 18.0. The van der Waals surface area contributed by atoms with E-state index in [1.54, 1.807) is 28.2 Å². The molecule has 0 bridgehead atoms. The van der Waals surface area contributed by atoms with Gasteiger partial charge in [-0.2, -0.15) is 5.26 Å². The quantitative estimate of drug-likeness (QED) is 0.454. The molecule has 0 aliphatic rings. The Balaban J connectivity index is 1.84. The lowest BCUT2D eigenvalue weighted by Crippen LogP contribution is -2.10. The molecule has 0 saturated heterocycles. The van der Waals surface area contributed by atoms with Gasteiger partial charge in [-0.1, -0.05) is 12.1 Å². The van der Waals surface area contributed by atoms with Gasteiger partial charge in [0.25, 0.3) is 0 Å². The molecule has 0 saturated carbocycles. The number of pyridine rings is 2. The number of hydrogen-bond donors (Lipinski definition) is 0. The first-order chi connectivity index (χ1) is 13.8. The van der Waals surface area contributed by atoms with Gasteiger partial charge < -0.3 is 4.90 Å². The van der Waals surface area contributed by atoms with Gasteiger partial charge in [0.05, 0.1) is 21.8 Å². The van der Waals surface area contributed by atoms with E-state index in [9.17, 15) is 5.26 Å². The summed E-state index contributed by atoms with van der Waals surface area (Å²) in [5.41, 5.74) is 3.76. The SMILES string of the molecule is CN(c1cccs1)c1cccc2cc(C#N)c3nc(-c4cccnc4)nn3c12. The molecule has 4 heterocycles. The number of benzene rings is 1. The molecule has 0 unspecified atom stereocenters. The van der Waals surface area contributed by atoms with E-state index in [-0.39, 0.29) is 0 Å². The molecule has 5 rings (SSSR count). The van der Waals surface area contributed by atoms with Crippen LogP contribution in [-0.4, -0.2) is 26.6 Å². The molecule has 1 aromatic carbocycles. The van der Waals surface area contributed by atoms with Crippen LogP contribution in [0.5, 0.6) is 0 Å². The summed E-state index contributed by atoms with van der Waals surface area (Å²) in [4.78, 5) is 10.9. The minimum absolute atomic E-state index is 0.492. The second kappa shape index (κ2) is 6.44. The maximum atomic E-state index is 9.65. The van der Waals surface area contributed by atoms with Crippen LogP contribution < -0.4 is 4.90 Å². The van der Waals surface area contributed by atoms with E-state index < -0.39 is 0 Å². The topological polar surface area (TPSA) is 70.1 Å². The van der Waals surface area contributed by atoms with Crippen LogP contribution in [0.15, 0.2) is 66.3 Å². The standard InChI is InChI=1S/C21H14N6S/c1-26(18-8-4-10-28-18)17-7-2-5-14-11-16(12-22)21-24-20(25-27(21)19(14)17)15-6-3-9-23-13-15/h2-11,13H,1H3. The molecule has 0 atom stereocenters. The van der Waals surface area contributed by atoms with E-state index >= 15 is 0 Å². The van der Waals surface area contributed by atoms with Gasteiger partial charge in [0.15, 0.2) is 11.5 Å². The molecule has 6 nitrogen and oxygen atoms in total. The Morgan fingerprint density at radius 2 is 2.07 bits per heavy atom. The first-order valence-electron chi connectivity index (χ1n) is 8.66. The van der Waals surface area contributed by atoms with Crippen molar-refractivity contribution in [1.82, 2.24) is 19.6 Å². The lowest BCUT2D eigenvalue weighted by atomic mass is 10.1. The van der Waals surface area contributed by atoms with Crippen molar-refractivity contribution in [3.8, 4) is 17.5 Å². The van der Waals surface area contributed by atoms with Crippen LogP contribution in [0.3, 0.4) is 0 Å². The first-order valence-corrected chi connectivity index (χ1v) is 9.54. The van der Waals surface area contributed by atoms with Gasteiger partial charge in [-0.3, -0.25) is 4.98 Å². The van der Waals surface area contributed by atoms with Crippen molar-refractivity contribution in [2.24, 2.45) is 0 Å². The fourth-order valence-electron chi connectivity index (χ4n) is 3.31. The van der Waals surface area contributed by atoms with E-state index in [1.807, 2.05) is 43.4 Å². The van der Waals surface area contributed by atoms with E-state index in [4.69, 9.17) is 5.10 Å². The van der Waals surface area contributed by atoms with Gasteiger partial charge >= 0.3 is 0 Å². The highest BCUT2D eigenvalue weighted by Crippen LogP contribution is 2.34. The third kappa shape index (κ3) is 2.51. The molecule has 0 radical (unpaired) electrons. The predicted octanol–water partition coefficient (Wildman–Crippen LogP) is 4.65. The Morgan fingerprint density at radius 1 is 1.14 bits per heavy atom. The molecule has 134 valence electrons. The van der Waals surface area contributed by atoms with Crippen LogP contribution in [0.4, 0.5) is 10.7 Å². The van der Waals surface area contributed by atoms with Crippen LogP contribution in [0.2, 0.25) is 0 Å². The second-order valence-electron chi connectivity index (χ2n) is 6.31. The number of nitriles is 1. The average Bonchev–Trinajstić information content (AvgIpc) is 3.43. The molecule has 28 heavy (non-hydrogen) atoms. The molecular weight excluding hydrogens is 368 g/mol. The Bertz CT molecular complexity index is 1330. The van der Waals surface area contributed by atoms with E-state index in [0.717, 1.165) is 27.2 Å². The van der Waals surface area contributed by atoms with E-state index in [1.165, 1.54) is 0 Å². The summed E-state index contributed by atoms with van der Waals surface area (Å²) in [6.45, 7) is 0. The van der Waals surface area contributed by atoms with Gasteiger partial charge in [0.1, 0.15) is 6.07 Å². The van der Waals surface area contributed by atoms with Crippen molar-refractivity contribution in [3.63, 3.8) is 0 Å². The third-order valence-electron chi connectivity index (χ3n) is 4.64. The summed E-state index contributed by atoms with van der Waals surface area (Å²) in [7, 11) is 2.03. The number of fused-ring (bicyclic) bond motifs is 3. The number of anilines is 2. The number of aromatic nitrogens is 4. The molecule has 7 heteroatoms. The Morgan fingerprint density at radius 3 is 2.82 bits per heavy atom. The number of rotatable bonds is 3. The highest BCUT2D eigenvalue weighted by atomic mass is 32.1. The fraction of sp³-hybridized carbons (Fsp3) is 0.0476. The molecule has 0 aliphatic carbocycles. The zero-order chi connectivity index (χ0) is 19.1. The molecule has 0 spiro atoms. The maximum absolute atomic E-state index is 9.65. The van der Waals surface area contributed by atoms with Crippen molar-refractivity contribution in [2.45, 2.75) is 0 Å². The Kier molecular flexibility index (Phi) is 3.78. The summed E-state index contributed by atoms with van der Waals surface area (Å²) >= 11 is 1.67. The van der Waals surface area contributed by atoms with Crippen LogP contribution in [0, 0.1) is 11.3 Å². The van der Waals surface area contributed by atoms with E-state index in [0.29, 0.717) is 17.0 Å². The second-order valence-corrected chi connectivity index (χ2v) is 7.23. The van der Waals surface area contributed by atoms with Crippen molar-refractivity contribution < 1.29 is 0 Å². The van der Waals surface area contributed by atoms with Gasteiger partial charge in [-0.15, -0.1) is 16.4 Å². The van der Waals surface area contributed by atoms with Crippen molar-refractivity contribution in [2.75, 3.05) is 11.9 Å². The van der Waals surface area contributed by atoms with Crippen LogP contribution in [0.25, 0.3) is 27.9 Å². The van der Waals surface area contributed by atoms with Crippen molar-refractivity contribution >= 4 is 38.6 Å². The Labute approximate surface area is 164 Å². The normalized spacial score (nSPS) is 11.0. The van der Waals surface area contributed by atoms with Crippen LogP contribution in [-0.2, 0) is 0 Å². The van der Waals surface area contributed by atoms with E-state index in [2.05, 4.69) is 38.4 Å². The smallest absolute Gasteiger partial charge is 0.183 e. The van der Waals surface area contributed by atoms with Crippen molar-refractivity contribution in [1.29, 1.82) is 5.26 Å². The van der Waals surface area contributed by atoms with Gasteiger partial charge in [0, 0.05) is 30.4 Å². The highest BCUT2D eigenvalue weighted by molar-refractivity contribution is 7.14. The van der Waals surface area contributed by atoms with Crippen molar-refractivity contribution in [3.05, 3.63) is 71.9 Å². The third-order valence-corrected chi connectivity index (χ3v) is 5.59. The number of thiophene rings is 1. The number of nitrogens with zero attached hydrogens (tertiary/aromatic N) is 6. The van der Waals surface area contributed by atoms with Gasteiger partial charge in [-0.25, -0.2) is 9.50 Å². The summed E-state index contributed by atoms with van der Waals surface area (Å²) in [6.07, 6.45) is 3.44. The molecule has 4 aromatic heterocycles. The average molecular weight is 382 g/mol.